The third-order valence-electron chi connectivity index (χ3n) is 2.11. The summed E-state index contributed by atoms with van der Waals surface area (Å²) in [6, 6.07) is 9.27. The van der Waals surface area contributed by atoms with Gasteiger partial charge in [-0.3, -0.25) is 15.6 Å². The maximum Gasteiger partial charge on any atom is 0.334 e. The quantitative estimate of drug-likeness (QED) is 0.387. The van der Waals surface area contributed by atoms with Crippen molar-refractivity contribution in [2.45, 2.75) is 13.3 Å². The highest BCUT2D eigenvalue weighted by atomic mass is 16.5. The van der Waals surface area contributed by atoms with Crippen LogP contribution in [-0.2, 0) is 20.7 Å². The molecule has 0 fully saturated rings. The van der Waals surface area contributed by atoms with E-state index in [-0.39, 0.29) is 24.8 Å². The molecule has 0 radical (unpaired) electrons. The lowest BCUT2D eigenvalue weighted by atomic mass is 10.1. The number of hydrazine groups is 1. The molecule has 6 nitrogen and oxygen atoms in total. The second-order valence-corrected chi connectivity index (χ2v) is 3.69. The average Bonchev–Trinajstić information content (AvgIpc) is 2.38. The maximum absolute atomic E-state index is 11.6. The molecule has 0 aliphatic rings. The van der Waals surface area contributed by atoms with Crippen LogP contribution in [0.15, 0.2) is 42.2 Å². The molecular weight excluding hydrogens is 246 g/mol. The van der Waals surface area contributed by atoms with Gasteiger partial charge < -0.3 is 10.5 Å². The third-order valence-corrected chi connectivity index (χ3v) is 2.11. The van der Waals surface area contributed by atoms with Gasteiger partial charge in [-0.15, -0.1) is 0 Å². The molecule has 102 valence electrons. The Morgan fingerprint density at radius 1 is 1.26 bits per heavy atom. The molecule has 6 heteroatoms. The minimum absolute atomic E-state index is 0.0138. The van der Waals surface area contributed by atoms with Gasteiger partial charge in [0.2, 0.25) is 5.91 Å². The van der Waals surface area contributed by atoms with Crippen molar-refractivity contribution in [3.63, 3.8) is 0 Å². The minimum atomic E-state index is -0.565. The Morgan fingerprint density at radius 2 is 1.95 bits per heavy atom. The van der Waals surface area contributed by atoms with Crippen molar-refractivity contribution in [3.8, 4) is 0 Å². The highest BCUT2D eigenvalue weighted by Gasteiger charge is 2.03. The number of amides is 1. The molecule has 0 spiro atoms. The lowest BCUT2D eigenvalue weighted by Gasteiger charge is -2.08. The molecule has 1 aromatic carbocycles. The van der Waals surface area contributed by atoms with Crippen LogP contribution in [0.2, 0.25) is 0 Å². The highest BCUT2D eigenvalue weighted by molar-refractivity contribution is 5.82. The number of nitrogens with one attached hydrogen (secondary N) is 2. The Kier molecular flexibility index (Phi) is 5.94. The summed E-state index contributed by atoms with van der Waals surface area (Å²) in [6.45, 7) is 1.96. The summed E-state index contributed by atoms with van der Waals surface area (Å²) in [5.41, 5.74) is 11.2. The van der Waals surface area contributed by atoms with Crippen molar-refractivity contribution >= 4 is 11.9 Å². The van der Waals surface area contributed by atoms with Crippen molar-refractivity contribution in [2.75, 3.05) is 6.61 Å². The van der Waals surface area contributed by atoms with Gasteiger partial charge in [0.1, 0.15) is 5.82 Å². The van der Waals surface area contributed by atoms with Crippen molar-refractivity contribution in [2.24, 2.45) is 5.73 Å². The molecule has 0 atom stereocenters. The van der Waals surface area contributed by atoms with E-state index < -0.39 is 5.97 Å². The Labute approximate surface area is 111 Å². The van der Waals surface area contributed by atoms with E-state index >= 15 is 0 Å². The van der Waals surface area contributed by atoms with Gasteiger partial charge in [0.05, 0.1) is 19.1 Å². The molecule has 1 aromatic rings. The molecule has 0 saturated heterocycles. The number of carbonyl (C=O) groups is 2. The summed E-state index contributed by atoms with van der Waals surface area (Å²) in [5.74, 6) is -0.809. The van der Waals surface area contributed by atoms with E-state index in [1.54, 1.807) is 6.92 Å². The molecule has 1 amide bonds. The fraction of sp³-hybridized carbons (Fsp3) is 0.231. The standard InChI is InChI=1S/C13H17N3O3/c1-2-19-13(18)9-11(14)15-16-12(17)8-10-6-4-3-5-7-10/h3-7,9,15H,2,8,14H2,1H3,(H,16,17)/b11-9+. The summed E-state index contributed by atoms with van der Waals surface area (Å²) in [5, 5.41) is 0. The number of hydrogen-bond acceptors (Lipinski definition) is 5. The first-order valence-electron chi connectivity index (χ1n) is 5.84. The van der Waals surface area contributed by atoms with Crippen LogP contribution in [0.4, 0.5) is 0 Å². The van der Waals surface area contributed by atoms with Crippen LogP contribution in [0.3, 0.4) is 0 Å². The van der Waals surface area contributed by atoms with Crippen LogP contribution in [0, 0.1) is 0 Å². The van der Waals surface area contributed by atoms with Crippen LogP contribution in [0.25, 0.3) is 0 Å². The Hall–Kier alpha value is -2.50. The minimum Gasteiger partial charge on any atom is -0.463 e. The first kappa shape index (κ1) is 14.6. The van der Waals surface area contributed by atoms with Gasteiger partial charge in [-0.25, -0.2) is 4.79 Å². The number of esters is 1. The van der Waals surface area contributed by atoms with Crippen molar-refractivity contribution in [3.05, 3.63) is 47.8 Å². The van der Waals surface area contributed by atoms with Gasteiger partial charge >= 0.3 is 5.97 Å². The number of carbonyl (C=O) groups excluding carboxylic acids is 2. The van der Waals surface area contributed by atoms with Gasteiger partial charge in [-0.2, -0.15) is 0 Å². The zero-order chi connectivity index (χ0) is 14.1. The molecule has 0 aliphatic carbocycles. The summed E-state index contributed by atoms with van der Waals surface area (Å²) < 4.78 is 4.67. The number of nitrogens with two attached hydrogens (primary N) is 1. The first-order valence-corrected chi connectivity index (χ1v) is 5.84. The Balaban J connectivity index is 2.36. The van der Waals surface area contributed by atoms with Crippen molar-refractivity contribution in [1.82, 2.24) is 10.9 Å². The molecule has 0 heterocycles. The zero-order valence-corrected chi connectivity index (χ0v) is 10.7. The second kappa shape index (κ2) is 7.75. The lowest BCUT2D eigenvalue weighted by Crippen LogP contribution is -2.40. The van der Waals surface area contributed by atoms with E-state index in [1.165, 1.54) is 0 Å². The fourth-order valence-corrected chi connectivity index (χ4v) is 1.31. The topological polar surface area (TPSA) is 93.4 Å². The molecule has 0 bridgehead atoms. The lowest BCUT2D eigenvalue weighted by molar-refractivity contribution is -0.137. The third kappa shape index (κ3) is 6.11. The monoisotopic (exact) mass is 263 g/mol. The second-order valence-electron chi connectivity index (χ2n) is 3.69. The van der Waals surface area contributed by atoms with E-state index in [9.17, 15) is 9.59 Å². The van der Waals surface area contributed by atoms with Crippen LogP contribution < -0.4 is 16.6 Å². The first-order chi connectivity index (χ1) is 9.11. The van der Waals surface area contributed by atoms with Crippen molar-refractivity contribution < 1.29 is 14.3 Å². The number of rotatable bonds is 6. The molecule has 0 unspecified atom stereocenters. The molecule has 0 aromatic heterocycles. The number of benzene rings is 1. The number of ether oxygens (including phenoxy) is 1. The Morgan fingerprint density at radius 3 is 2.58 bits per heavy atom. The van der Waals surface area contributed by atoms with Gasteiger partial charge in [-0.1, -0.05) is 30.3 Å². The zero-order valence-electron chi connectivity index (χ0n) is 10.7. The summed E-state index contributed by atoms with van der Waals surface area (Å²) in [6.07, 6.45) is 1.28. The van der Waals surface area contributed by atoms with Crippen molar-refractivity contribution in [1.29, 1.82) is 0 Å². The molecule has 19 heavy (non-hydrogen) atoms. The van der Waals surface area contributed by atoms with Crippen LogP contribution >= 0.6 is 0 Å². The predicted octanol–water partition coefficient (Wildman–Crippen LogP) is 0.213. The molecule has 1 rings (SSSR count). The van der Waals surface area contributed by atoms with Gasteiger partial charge in [-0.05, 0) is 12.5 Å². The highest BCUT2D eigenvalue weighted by Crippen LogP contribution is 1.98. The van der Waals surface area contributed by atoms with Gasteiger partial charge in [0.25, 0.3) is 0 Å². The molecule has 0 aliphatic heterocycles. The SMILES string of the molecule is CCOC(=O)/C=C(\N)NNC(=O)Cc1ccccc1. The normalized spacial score (nSPS) is 10.7. The van der Waals surface area contributed by atoms with E-state index in [2.05, 4.69) is 15.6 Å². The Bertz CT molecular complexity index is 457. The largest absolute Gasteiger partial charge is 0.463 e. The fourth-order valence-electron chi connectivity index (χ4n) is 1.31. The summed E-state index contributed by atoms with van der Waals surface area (Å²) in [4.78, 5) is 22.6. The molecule has 0 saturated carbocycles. The van der Waals surface area contributed by atoms with Crippen LogP contribution in [-0.4, -0.2) is 18.5 Å². The van der Waals surface area contributed by atoms with E-state index in [4.69, 9.17) is 5.73 Å². The number of hydrogen-bond donors (Lipinski definition) is 3. The van der Waals surface area contributed by atoms with Crippen LogP contribution in [0.1, 0.15) is 12.5 Å². The summed E-state index contributed by atoms with van der Waals surface area (Å²) in [7, 11) is 0. The van der Waals surface area contributed by atoms with E-state index in [0.717, 1.165) is 11.6 Å². The predicted molar refractivity (Wildman–Crippen MR) is 70.3 cm³/mol. The molecule has 4 N–H and O–H groups in total. The average molecular weight is 263 g/mol. The molecular formula is C13H17N3O3. The maximum atomic E-state index is 11.6. The van der Waals surface area contributed by atoms with Gasteiger partial charge in [0.15, 0.2) is 0 Å². The van der Waals surface area contributed by atoms with E-state index in [0.29, 0.717) is 0 Å². The van der Waals surface area contributed by atoms with Crippen LogP contribution in [0.5, 0.6) is 0 Å². The van der Waals surface area contributed by atoms with E-state index in [1.807, 2.05) is 30.3 Å². The smallest absolute Gasteiger partial charge is 0.334 e. The summed E-state index contributed by atoms with van der Waals surface area (Å²) >= 11 is 0. The van der Waals surface area contributed by atoms with Gasteiger partial charge in [0, 0.05) is 0 Å².